The van der Waals surface area contributed by atoms with Gasteiger partial charge in [-0.15, -0.1) is 0 Å². The van der Waals surface area contributed by atoms with E-state index in [4.69, 9.17) is 5.73 Å². The average Bonchev–Trinajstić information content (AvgIpc) is 2.48. The number of carbonyl (C=O) groups is 2. The Morgan fingerprint density at radius 1 is 1.19 bits per heavy atom. The Morgan fingerprint density at radius 2 is 1.76 bits per heavy atom. The maximum absolute atomic E-state index is 12.9. The van der Waals surface area contributed by atoms with Crippen LogP contribution in [0.4, 0.5) is 0 Å². The molecule has 0 atom stereocenters. The molecular weight excluding hydrogens is 266 g/mol. The second kappa shape index (κ2) is 6.77. The maximum Gasteiger partial charge on any atom is 0.230 e. The van der Waals surface area contributed by atoms with Gasteiger partial charge in [0.15, 0.2) is 0 Å². The van der Waals surface area contributed by atoms with Gasteiger partial charge in [-0.3, -0.25) is 9.59 Å². The van der Waals surface area contributed by atoms with Crippen LogP contribution in [-0.2, 0) is 9.59 Å². The van der Waals surface area contributed by atoms with Crippen molar-refractivity contribution in [1.82, 2.24) is 10.2 Å². The fourth-order valence-corrected chi connectivity index (χ4v) is 3.67. The van der Waals surface area contributed by atoms with Crippen LogP contribution >= 0.6 is 0 Å². The van der Waals surface area contributed by atoms with Gasteiger partial charge < -0.3 is 16.0 Å². The van der Waals surface area contributed by atoms with E-state index in [-0.39, 0.29) is 23.3 Å². The molecule has 0 aromatic rings. The van der Waals surface area contributed by atoms with E-state index in [1.165, 1.54) is 0 Å². The number of nitrogens with zero attached hydrogens (tertiary/aromatic N) is 1. The molecule has 0 aromatic carbocycles. The van der Waals surface area contributed by atoms with Crippen LogP contribution in [-0.4, -0.2) is 42.4 Å². The first-order valence-electron chi connectivity index (χ1n) is 8.23. The van der Waals surface area contributed by atoms with E-state index < -0.39 is 0 Å². The van der Waals surface area contributed by atoms with Gasteiger partial charge in [0.1, 0.15) is 0 Å². The lowest BCUT2D eigenvalue weighted by Crippen LogP contribution is -2.53. The first kappa shape index (κ1) is 16.3. The van der Waals surface area contributed by atoms with Gasteiger partial charge in [0, 0.05) is 32.6 Å². The van der Waals surface area contributed by atoms with Crippen LogP contribution in [0.3, 0.4) is 0 Å². The van der Waals surface area contributed by atoms with Crippen LogP contribution in [0, 0.1) is 11.3 Å². The molecular formula is C16H29N3O2. The minimum atomic E-state index is -0.326. The molecule has 0 bridgehead atoms. The SMILES string of the molecule is CC(=O)NC1CCN(C(=O)C2(CN)CCC(C)CC2)CC1. The minimum Gasteiger partial charge on any atom is -0.353 e. The number of hydrogen-bond donors (Lipinski definition) is 2. The summed E-state index contributed by atoms with van der Waals surface area (Å²) in [4.78, 5) is 26.0. The van der Waals surface area contributed by atoms with Crippen molar-refractivity contribution in [3.05, 3.63) is 0 Å². The predicted octanol–water partition coefficient (Wildman–Crippen LogP) is 1.27. The molecule has 1 aliphatic carbocycles. The Bertz CT molecular complexity index is 381. The standard InChI is InChI=1S/C16H29N3O2/c1-12-3-7-16(11-17,8-4-12)15(21)19-9-5-14(6-10-19)18-13(2)20/h12,14H,3-11,17H2,1-2H3,(H,18,20). The molecule has 2 fully saturated rings. The fourth-order valence-electron chi connectivity index (χ4n) is 3.67. The van der Waals surface area contributed by atoms with Crippen molar-refractivity contribution in [3.63, 3.8) is 0 Å². The Labute approximate surface area is 127 Å². The molecule has 21 heavy (non-hydrogen) atoms. The van der Waals surface area contributed by atoms with Gasteiger partial charge in [0.2, 0.25) is 11.8 Å². The Hall–Kier alpha value is -1.10. The van der Waals surface area contributed by atoms with Gasteiger partial charge in [-0.05, 0) is 44.4 Å². The lowest BCUT2D eigenvalue weighted by atomic mass is 9.69. The van der Waals surface area contributed by atoms with E-state index in [0.29, 0.717) is 12.5 Å². The van der Waals surface area contributed by atoms with Gasteiger partial charge in [0.25, 0.3) is 0 Å². The van der Waals surface area contributed by atoms with Crippen LogP contribution in [0.2, 0.25) is 0 Å². The molecule has 1 saturated heterocycles. The molecule has 1 saturated carbocycles. The van der Waals surface area contributed by atoms with Gasteiger partial charge in [-0.2, -0.15) is 0 Å². The Morgan fingerprint density at radius 3 is 2.24 bits per heavy atom. The largest absolute Gasteiger partial charge is 0.353 e. The number of nitrogens with one attached hydrogen (secondary N) is 1. The van der Waals surface area contributed by atoms with Crippen LogP contribution in [0.15, 0.2) is 0 Å². The van der Waals surface area contributed by atoms with Crippen molar-refractivity contribution in [3.8, 4) is 0 Å². The number of nitrogens with two attached hydrogens (primary N) is 1. The highest BCUT2D eigenvalue weighted by Crippen LogP contribution is 2.40. The normalized spacial score (nSPS) is 31.0. The molecule has 0 radical (unpaired) electrons. The first-order chi connectivity index (χ1) is 9.97. The molecule has 0 unspecified atom stereocenters. The summed E-state index contributed by atoms with van der Waals surface area (Å²) in [5.41, 5.74) is 5.65. The summed E-state index contributed by atoms with van der Waals surface area (Å²) >= 11 is 0. The summed E-state index contributed by atoms with van der Waals surface area (Å²) in [5, 5.41) is 2.95. The van der Waals surface area contributed by atoms with Gasteiger partial charge in [0.05, 0.1) is 5.41 Å². The molecule has 2 aliphatic rings. The topological polar surface area (TPSA) is 75.4 Å². The summed E-state index contributed by atoms with van der Waals surface area (Å²) in [6, 6.07) is 0.215. The molecule has 0 spiro atoms. The quantitative estimate of drug-likeness (QED) is 0.823. The highest BCUT2D eigenvalue weighted by molar-refractivity contribution is 5.83. The van der Waals surface area contributed by atoms with E-state index in [1.54, 1.807) is 6.92 Å². The van der Waals surface area contributed by atoms with Crippen molar-refractivity contribution < 1.29 is 9.59 Å². The summed E-state index contributed by atoms with van der Waals surface area (Å²) < 4.78 is 0. The average molecular weight is 295 g/mol. The molecule has 0 aromatic heterocycles. The third kappa shape index (κ3) is 3.76. The zero-order valence-corrected chi connectivity index (χ0v) is 13.4. The molecule has 1 heterocycles. The van der Waals surface area contributed by atoms with Crippen molar-refractivity contribution in [1.29, 1.82) is 0 Å². The summed E-state index contributed by atoms with van der Waals surface area (Å²) in [5.74, 6) is 0.973. The maximum atomic E-state index is 12.9. The smallest absolute Gasteiger partial charge is 0.230 e. The van der Waals surface area contributed by atoms with Crippen LogP contribution in [0.1, 0.15) is 52.4 Å². The third-order valence-corrected chi connectivity index (χ3v) is 5.27. The number of piperidine rings is 1. The van der Waals surface area contributed by atoms with Crippen molar-refractivity contribution in [2.24, 2.45) is 17.1 Å². The highest BCUT2D eigenvalue weighted by Gasteiger charge is 2.42. The van der Waals surface area contributed by atoms with Crippen LogP contribution in [0.5, 0.6) is 0 Å². The van der Waals surface area contributed by atoms with E-state index in [0.717, 1.165) is 51.6 Å². The molecule has 2 amide bonds. The monoisotopic (exact) mass is 295 g/mol. The van der Waals surface area contributed by atoms with Gasteiger partial charge >= 0.3 is 0 Å². The van der Waals surface area contributed by atoms with Crippen LogP contribution in [0.25, 0.3) is 0 Å². The fraction of sp³-hybridized carbons (Fsp3) is 0.875. The third-order valence-electron chi connectivity index (χ3n) is 5.27. The second-order valence-electron chi connectivity index (χ2n) is 6.93. The van der Waals surface area contributed by atoms with Crippen LogP contribution < -0.4 is 11.1 Å². The number of likely N-dealkylation sites (tertiary alicyclic amines) is 1. The van der Waals surface area contributed by atoms with E-state index in [2.05, 4.69) is 12.2 Å². The first-order valence-corrected chi connectivity index (χ1v) is 8.23. The van der Waals surface area contributed by atoms with E-state index in [1.807, 2.05) is 4.90 Å². The molecule has 1 aliphatic heterocycles. The Balaban J connectivity index is 1.92. The molecule has 120 valence electrons. The molecule has 2 rings (SSSR count). The number of rotatable bonds is 3. The predicted molar refractivity (Wildman–Crippen MR) is 82.5 cm³/mol. The molecule has 3 N–H and O–H groups in total. The van der Waals surface area contributed by atoms with E-state index >= 15 is 0 Å². The molecule has 5 heteroatoms. The summed E-state index contributed by atoms with van der Waals surface area (Å²) in [6.45, 7) is 5.74. The number of hydrogen-bond acceptors (Lipinski definition) is 3. The number of amides is 2. The summed E-state index contributed by atoms with van der Waals surface area (Å²) in [6.07, 6.45) is 5.76. The lowest BCUT2D eigenvalue weighted by Gasteiger charge is -2.42. The Kier molecular flexibility index (Phi) is 5.25. The highest BCUT2D eigenvalue weighted by atomic mass is 16.2. The second-order valence-corrected chi connectivity index (χ2v) is 6.93. The van der Waals surface area contributed by atoms with Crippen molar-refractivity contribution in [2.45, 2.75) is 58.4 Å². The molecule has 5 nitrogen and oxygen atoms in total. The minimum absolute atomic E-state index is 0.0134. The zero-order chi connectivity index (χ0) is 15.5. The van der Waals surface area contributed by atoms with E-state index in [9.17, 15) is 9.59 Å². The van der Waals surface area contributed by atoms with Gasteiger partial charge in [-0.25, -0.2) is 0 Å². The number of carbonyl (C=O) groups excluding carboxylic acids is 2. The van der Waals surface area contributed by atoms with Crippen molar-refractivity contribution in [2.75, 3.05) is 19.6 Å². The van der Waals surface area contributed by atoms with Crippen molar-refractivity contribution >= 4 is 11.8 Å². The zero-order valence-electron chi connectivity index (χ0n) is 13.4. The van der Waals surface area contributed by atoms with Gasteiger partial charge in [-0.1, -0.05) is 6.92 Å². The lowest BCUT2D eigenvalue weighted by molar-refractivity contribution is -0.145. The summed E-state index contributed by atoms with van der Waals surface area (Å²) in [7, 11) is 0.